The Bertz CT molecular complexity index is 333. The maximum absolute atomic E-state index is 6.04. The third-order valence-electron chi connectivity index (χ3n) is 2.03. The molecule has 0 radical (unpaired) electrons. The van der Waals surface area contributed by atoms with E-state index in [-0.39, 0.29) is 0 Å². The Labute approximate surface area is 82.6 Å². The van der Waals surface area contributed by atoms with Gasteiger partial charge in [-0.15, -0.1) is 0 Å². The van der Waals surface area contributed by atoms with Crippen LogP contribution in [-0.2, 0) is 0 Å². The van der Waals surface area contributed by atoms with Gasteiger partial charge in [0.1, 0.15) is 5.84 Å². The zero-order chi connectivity index (χ0) is 9.10. The normalized spacial score (nSPS) is 16.2. The largest absolute Gasteiger partial charge is 0.370 e. The van der Waals surface area contributed by atoms with Gasteiger partial charge in [-0.25, -0.2) is 0 Å². The standard InChI is InChI=1S/C10H11ClN2/c11-9-5-2-1-4-8(9)10-12-6-3-7-13-10/h1-2,4-5H,3,6-7H2,(H,12,13). The number of halogens is 1. The molecule has 0 atom stereocenters. The molecule has 0 fully saturated rings. The molecule has 0 spiro atoms. The van der Waals surface area contributed by atoms with Crippen LogP contribution in [0, 0.1) is 0 Å². The molecule has 2 nitrogen and oxygen atoms in total. The van der Waals surface area contributed by atoms with Crippen LogP contribution in [-0.4, -0.2) is 18.9 Å². The molecule has 13 heavy (non-hydrogen) atoms. The van der Waals surface area contributed by atoms with E-state index in [2.05, 4.69) is 10.3 Å². The van der Waals surface area contributed by atoms with E-state index in [4.69, 9.17) is 11.6 Å². The monoisotopic (exact) mass is 194 g/mol. The van der Waals surface area contributed by atoms with E-state index >= 15 is 0 Å². The van der Waals surface area contributed by atoms with Crippen molar-refractivity contribution in [2.45, 2.75) is 6.42 Å². The molecular formula is C10H11ClN2. The lowest BCUT2D eigenvalue weighted by atomic mass is 10.2. The van der Waals surface area contributed by atoms with Gasteiger partial charge in [0.05, 0.1) is 5.02 Å². The highest BCUT2D eigenvalue weighted by atomic mass is 35.5. The number of hydrogen-bond donors (Lipinski definition) is 1. The molecule has 0 unspecified atom stereocenters. The second-order valence-electron chi connectivity index (χ2n) is 2.99. The van der Waals surface area contributed by atoms with Crippen LogP contribution in [0.15, 0.2) is 29.3 Å². The maximum atomic E-state index is 6.04. The highest BCUT2D eigenvalue weighted by Crippen LogP contribution is 2.15. The Kier molecular flexibility index (Phi) is 2.50. The lowest BCUT2D eigenvalue weighted by molar-refractivity contribution is 0.742. The van der Waals surface area contributed by atoms with Crippen LogP contribution < -0.4 is 5.32 Å². The van der Waals surface area contributed by atoms with Crippen LogP contribution in [0.25, 0.3) is 0 Å². The van der Waals surface area contributed by atoms with Crippen molar-refractivity contribution in [1.82, 2.24) is 5.32 Å². The fourth-order valence-electron chi connectivity index (χ4n) is 1.37. The van der Waals surface area contributed by atoms with Crippen molar-refractivity contribution in [2.75, 3.05) is 13.1 Å². The van der Waals surface area contributed by atoms with E-state index in [1.807, 2.05) is 24.3 Å². The summed E-state index contributed by atoms with van der Waals surface area (Å²) in [4.78, 5) is 4.38. The zero-order valence-corrected chi connectivity index (χ0v) is 8.01. The van der Waals surface area contributed by atoms with E-state index in [0.29, 0.717) is 0 Å². The smallest absolute Gasteiger partial charge is 0.129 e. The highest BCUT2D eigenvalue weighted by Gasteiger charge is 2.08. The number of hydrogen-bond acceptors (Lipinski definition) is 2. The summed E-state index contributed by atoms with van der Waals surface area (Å²) in [5.74, 6) is 0.928. The molecule has 1 aliphatic rings. The van der Waals surface area contributed by atoms with E-state index in [1.165, 1.54) is 0 Å². The van der Waals surface area contributed by atoms with Gasteiger partial charge in [0, 0.05) is 18.7 Å². The summed E-state index contributed by atoms with van der Waals surface area (Å²) in [6, 6.07) is 7.77. The molecule has 68 valence electrons. The molecule has 0 bridgehead atoms. The van der Waals surface area contributed by atoms with Crippen LogP contribution in [0.1, 0.15) is 12.0 Å². The summed E-state index contributed by atoms with van der Waals surface area (Å²) in [5.41, 5.74) is 1.00. The summed E-state index contributed by atoms with van der Waals surface area (Å²) in [6.45, 7) is 1.89. The Morgan fingerprint density at radius 1 is 1.31 bits per heavy atom. The van der Waals surface area contributed by atoms with Crippen LogP contribution >= 0.6 is 11.6 Å². The first kappa shape index (κ1) is 8.57. The second-order valence-corrected chi connectivity index (χ2v) is 3.40. The molecule has 1 aromatic carbocycles. The summed E-state index contributed by atoms with van der Waals surface area (Å²) < 4.78 is 0. The lowest BCUT2D eigenvalue weighted by Crippen LogP contribution is -2.30. The van der Waals surface area contributed by atoms with Crippen LogP contribution in [0.3, 0.4) is 0 Å². The van der Waals surface area contributed by atoms with Crippen molar-refractivity contribution < 1.29 is 0 Å². The quantitative estimate of drug-likeness (QED) is 0.728. The fourth-order valence-corrected chi connectivity index (χ4v) is 1.59. The number of aliphatic imine (C=N–C) groups is 1. The number of benzene rings is 1. The molecule has 1 aromatic rings. The molecule has 3 heteroatoms. The number of nitrogens with one attached hydrogen (secondary N) is 1. The first-order chi connectivity index (χ1) is 6.38. The molecule has 1 N–H and O–H groups in total. The third-order valence-corrected chi connectivity index (χ3v) is 2.36. The minimum absolute atomic E-state index is 0.760. The van der Waals surface area contributed by atoms with Crippen molar-refractivity contribution in [1.29, 1.82) is 0 Å². The SMILES string of the molecule is Clc1ccccc1C1=NCCCN1. The van der Waals surface area contributed by atoms with E-state index < -0.39 is 0 Å². The number of amidine groups is 1. The lowest BCUT2D eigenvalue weighted by Gasteiger charge is -2.15. The third kappa shape index (κ3) is 1.83. The molecule has 1 aliphatic heterocycles. The molecule has 2 rings (SSSR count). The van der Waals surface area contributed by atoms with Crippen molar-refractivity contribution in [3.63, 3.8) is 0 Å². The molecule has 0 aromatic heterocycles. The predicted molar refractivity (Wildman–Crippen MR) is 55.5 cm³/mol. The van der Waals surface area contributed by atoms with Gasteiger partial charge in [-0.2, -0.15) is 0 Å². The van der Waals surface area contributed by atoms with Gasteiger partial charge in [-0.1, -0.05) is 23.7 Å². The fraction of sp³-hybridized carbons (Fsp3) is 0.300. The predicted octanol–water partition coefficient (Wildman–Crippen LogP) is 2.08. The maximum Gasteiger partial charge on any atom is 0.129 e. The molecule has 1 heterocycles. The topological polar surface area (TPSA) is 24.4 Å². The molecule has 0 aliphatic carbocycles. The first-order valence-corrected chi connectivity index (χ1v) is 4.79. The van der Waals surface area contributed by atoms with Gasteiger partial charge >= 0.3 is 0 Å². The first-order valence-electron chi connectivity index (χ1n) is 4.41. The molecular weight excluding hydrogens is 184 g/mol. The van der Waals surface area contributed by atoms with Gasteiger partial charge in [0.2, 0.25) is 0 Å². The van der Waals surface area contributed by atoms with Gasteiger partial charge in [0.25, 0.3) is 0 Å². The van der Waals surface area contributed by atoms with Crippen LogP contribution in [0.4, 0.5) is 0 Å². The summed E-state index contributed by atoms with van der Waals surface area (Å²) in [5, 5.41) is 4.00. The van der Waals surface area contributed by atoms with Gasteiger partial charge < -0.3 is 5.32 Å². The van der Waals surface area contributed by atoms with Gasteiger partial charge in [0.15, 0.2) is 0 Å². The summed E-state index contributed by atoms with van der Waals surface area (Å²) in [7, 11) is 0. The average molecular weight is 195 g/mol. The number of rotatable bonds is 1. The van der Waals surface area contributed by atoms with Crippen molar-refractivity contribution in [2.24, 2.45) is 4.99 Å². The zero-order valence-electron chi connectivity index (χ0n) is 7.26. The van der Waals surface area contributed by atoms with Crippen molar-refractivity contribution in [3.8, 4) is 0 Å². The van der Waals surface area contributed by atoms with Crippen molar-refractivity contribution >= 4 is 17.4 Å². The Morgan fingerprint density at radius 3 is 2.85 bits per heavy atom. The Hall–Kier alpha value is -1.02. The summed E-state index contributed by atoms with van der Waals surface area (Å²) in [6.07, 6.45) is 1.11. The minimum atomic E-state index is 0.760. The Morgan fingerprint density at radius 2 is 2.15 bits per heavy atom. The number of nitrogens with zero attached hydrogens (tertiary/aromatic N) is 1. The van der Waals surface area contributed by atoms with E-state index in [0.717, 1.165) is 35.9 Å². The van der Waals surface area contributed by atoms with Crippen molar-refractivity contribution in [3.05, 3.63) is 34.9 Å². The highest BCUT2D eigenvalue weighted by molar-refractivity contribution is 6.34. The van der Waals surface area contributed by atoms with Crippen LogP contribution in [0.5, 0.6) is 0 Å². The Balaban J connectivity index is 2.34. The van der Waals surface area contributed by atoms with E-state index in [1.54, 1.807) is 0 Å². The minimum Gasteiger partial charge on any atom is -0.370 e. The summed E-state index contributed by atoms with van der Waals surface area (Å²) >= 11 is 6.04. The molecule has 0 saturated heterocycles. The van der Waals surface area contributed by atoms with Crippen LogP contribution in [0.2, 0.25) is 5.02 Å². The second kappa shape index (κ2) is 3.79. The van der Waals surface area contributed by atoms with E-state index in [9.17, 15) is 0 Å². The van der Waals surface area contributed by atoms with Gasteiger partial charge in [-0.3, -0.25) is 4.99 Å². The molecule has 0 amide bonds. The molecule has 0 saturated carbocycles. The average Bonchev–Trinajstić information content (AvgIpc) is 2.20. The van der Waals surface area contributed by atoms with Gasteiger partial charge in [-0.05, 0) is 18.6 Å².